The molecule has 1 unspecified atom stereocenters. The smallest absolute Gasteiger partial charge is 0.253 e. The summed E-state index contributed by atoms with van der Waals surface area (Å²) in [4.78, 5) is 16.0. The largest absolute Gasteiger partial charge is 0.368 e. The zero-order valence-corrected chi connectivity index (χ0v) is 12.2. The van der Waals surface area contributed by atoms with Crippen LogP contribution in [0.2, 0.25) is 0 Å². The molecule has 1 aliphatic heterocycles. The van der Waals surface area contributed by atoms with E-state index in [9.17, 15) is 13.6 Å². The van der Waals surface area contributed by atoms with Crippen LogP contribution in [0.25, 0.3) is 0 Å². The minimum Gasteiger partial charge on any atom is -0.368 e. The number of hydrogen-bond acceptors (Lipinski definition) is 4. The summed E-state index contributed by atoms with van der Waals surface area (Å²) in [5.41, 5.74) is 0.644. The monoisotopic (exact) mass is 319 g/mol. The van der Waals surface area contributed by atoms with E-state index >= 15 is 0 Å². The molecule has 0 bridgehead atoms. The first kappa shape index (κ1) is 15.4. The molecule has 1 aromatic heterocycles. The molecule has 5 nitrogen and oxygen atoms in total. The molecule has 0 radical (unpaired) electrons. The van der Waals surface area contributed by atoms with Crippen LogP contribution >= 0.6 is 0 Å². The van der Waals surface area contributed by atoms with Gasteiger partial charge in [-0.15, -0.1) is 0 Å². The van der Waals surface area contributed by atoms with Gasteiger partial charge in [-0.1, -0.05) is 0 Å². The first-order valence-electron chi connectivity index (χ1n) is 7.22. The SMILES string of the molecule is O=C(Nc1ccc(Nc2ccc(F)cc2F)nc1)C1CCCO1. The minimum absolute atomic E-state index is 0.120. The average Bonchev–Trinajstić information content (AvgIpc) is 3.06. The molecule has 0 spiro atoms. The van der Waals surface area contributed by atoms with E-state index < -0.39 is 17.7 Å². The Bertz CT molecular complexity index is 701. The van der Waals surface area contributed by atoms with Crippen LogP contribution in [0.3, 0.4) is 0 Å². The highest BCUT2D eigenvalue weighted by atomic mass is 19.1. The summed E-state index contributed by atoms with van der Waals surface area (Å²) in [6, 6.07) is 6.47. The van der Waals surface area contributed by atoms with Gasteiger partial charge in [-0.25, -0.2) is 13.8 Å². The number of carbonyl (C=O) groups excluding carboxylic acids is 1. The molecule has 3 rings (SSSR count). The van der Waals surface area contributed by atoms with Crippen molar-refractivity contribution in [2.24, 2.45) is 0 Å². The number of nitrogens with one attached hydrogen (secondary N) is 2. The summed E-state index contributed by atoms with van der Waals surface area (Å²) in [5, 5.41) is 5.46. The highest BCUT2D eigenvalue weighted by Gasteiger charge is 2.23. The van der Waals surface area contributed by atoms with Gasteiger partial charge in [0.25, 0.3) is 5.91 Å². The zero-order chi connectivity index (χ0) is 16.2. The Morgan fingerprint density at radius 3 is 2.78 bits per heavy atom. The van der Waals surface area contributed by atoms with Crippen LogP contribution in [0.4, 0.5) is 26.0 Å². The molecule has 1 amide bonds. The molecule has 1 aliphatic rings. The number of benzene rings is 1. The minimum atomic E-state index is -0.706. The number of amides is 1. The van der Waals surface area contributed by atoms with E-state index in [-0.39, 0.29) is 11.6 Å². The van der Waals surface area contributed by atoms with Crippen LogP contribution in [0, 0.1) is 11.6 Å². The van der Waals surface area contributed by atoms with E-state index in [1.54, 1.807) is 12.1 Å². The fourth-order valence-corrected chi connectivity index (χ4v) is 2.28. The Labute approximate surface area is 131 Å². The van der Waals surface area contributed by atoms with Gasteiger partial charge < -0.3 is 15.4 Å². The number of carbonyl (C=O) groups is 1. The van der Waals surface area contributed by atoms with Crippen molar-refractivity contribution in [2.75, 3.05) is 17.2 Å². The lowest BCUT2D eigenvalue weighted by atomic mass is 10.2. The Morgan fingerprint density at radius 2 is 2.13 bits per heavy atom. The second kappa shape index (κ2) is 6.70. The molecule has 2 aromatic rings. The van der Waals surface area contributed by atoms with Crippen LogP contribution in [-0.2, 0) is 9.53 Å². The summed E-state index contributed by atoms with van der Waals surface area (Å²) >= 11 is 0. The third kappa shape index (κ3) is 3.81. The molecule has 120 valence electrons. The molecule has 1 atom stereocenters. The topological polar surface area (TPSA) is 63.2 Å². The van der Waals surface area contributed by atoms with Crippen molar-refractivity contribution >= 4 is 23.1 Å². The van der Waals surface area contributed by atoms with Crippen LogP contribution in [-0.4, -0.2) is 23.6 Å². The van der Waals surface area contributed by atoms with E-state index in [2.05, 4.69) is 15.6 Å². The lowest BCUT2D eigenvalue weighted by Gasteiger charge is -2.11. The van der Waals surface area contributed by atoms with Crippen molar-refractivity contribution < 1.29 is 18.3 Å². The number of ether oxygens (including phenoxy) is 1. The molecular formula is C16H15F2N3O2. The van der Waals surface area contributed by atoms with Gasteiger partial charge >= 0.3 is 0 Å². The maximum absolute atomic E-state index is 13.6. The molecular weight excluding hydrogens is 304 g/mol. The molecule has 0 saturated carbocycles. The van der Waals surface area contributed by atoms with Gasteiger partial charge in [-0.2, -0.15) is 0 Å². The van der Waals surface area contributed by atoms with Gasteiger partial charge in [0, 0.05) is 12.7 Å². The van der Waals surface area contributed by atoms with Crippen molar-refractivity contribution in [3.8, 4) is 0 Å². The molecule has 7 heteroatoms. The summed E-state index contributed by atoms with van der Waals surface area (Å²) in [7, 11) is 0. The summed E-state index contributed by atoms with van der Waals surface area (Å²) in [6.07, 6.45) is 2.63. The lowest BCUT2D eigenvalue weighted by molar-refractivity contribution is -0.124. The first-order valence-corrected chi connectivity index (χ1v) is 7.22. The molecule has 2 heterocycles. The average molecular weight is 319 g/mol. The van der Waals surface area contributed by atoms with Gasteiger partial charge in [0.15, 0.2) is 0 Å². The number of hydrogen-bond donors (Lipinski definition) is 2. The molecule has 23 heavy (non-hydrogen) atoms. The fourth-order valence-electron chi connectivity index (χ4n) is 2.28. The number of anilines is 3. The standard InChI is InChI=1S/C16H15F2N3O2/c17-10-3-5-13(12(18)8-10)21-15-6-4-11(9-19-15)20-16(22)14-2-1-7-23-14/h3-6,8-9,14H,1-2,7H2,(H,19,21)(H,20,22). The van der Waals surface area contributed by atoms with Gasteiger partial charge in [0.2, 0.25) is 0 Å². The van der Waals surface area contributed by atoms with Crippen LogP contribution in [0.5, 0.6) is 0 Å². The lowest BCUT2D eigenvalue weighted by Crippen LogP contribution is -2.26. The zero-order valence-electron chi connectivity index (χ0n) is 12.2. The quantitative estimate of drug-likeness (QED) is 0.908. The maximum atomic E-state index is 13.6. The number of pyridine rings is 1. The normalized spacial score (nSPS) is 17.0. The van der Waals surface area contributed by atoms with E-state index in [1.165, 1.54) is 12.3 Å². The third-order valence-electron chi connectivity index (χ3n) is 3.45. The van der Waals surface area contributed by atoms with Crippen molar-refractivity contribution in [3.05, 3.63) is 48.2 Å². The van der Waals surface area contributed by atoms with E-state index in [4.69, 9.17) is 4.74 Å². The Kier molecular flexibility index (Phi) is 4.47. The maximum Gasteiger partial charge on any atom is 0.253 e. The number of nitrogens with zero attached hydrogens (tertiary/aromatic N) is 1. The Morgan fingerprint density at radius 1 is 1.26 bits per heavy atom. The van der Waals surface area contributed by atoms with Crippen LogP contribution < -0.4 is 10.6 Å². The van der Waals surface area contributed by atoms with Gasteiger partial charge in [0.1, 0.15) is 23.6 Å². The molecule has 0 aliphatic carbocycles. The number of halogens is 2. The predicted molar refractivity (Wildman–Crippen MR) is 81.5 cm³/mol. The Hall–Kier alpha value is -2.54. The van der Waals surface area contributed by atoms with Gasteiger partial charge in [0.05, 0.1) is 17.6 Å². The van der Waals surface area contributed by atoms with E-state index in [1.807, 2.05) is 0 Å². The fraction of sp³-hybridized carbons (Fsp3) is 0.250. The van der Waals surface area contributed by atoms with Gasteiger partial charge in [-0.05, 0) is 37.1 Å². The second-order valence-corrected chi connectivity index (χ2v) is 5.17. The highest BCUT2D eigenvalue weighted by molar-refractivity contribution is 5.94. The van der Waals surface area contributed by atoms with Crippen molar-refractivity contribution in [2.45, 2.75) is 18.9 Å². The molecule has 1 saturated heterocycles. The summed E-state index contributed by atoms with van der Waals surface area (Å²) < 4.78 is 31.7. The highest BCUT2D eigenvalue weighted by Crippen LogP contribution is 2.21. The predicted octanol–water partition coefficient (Wildman–Crippen LogP) is 3.22. The summed E-state index contributed by atoms with van der Waals surface area (Å²) in [6.45, 7) is 0.600. The molecule has 1 aromatic carbocycles. The van der Waals surface area contributed by atoms with Crippen molar-refractivity contribution in [3.63, 3.8) is 0 Å². The number of rotatable bonds is 4. The second-order valence-electron chi connectivity index (χ2n) is 5.17. The molecule has 1 fully saturated rings. The third-order valence-corrected chi connectivity index (χ3v) is 3.45. The first-order chi connectivity index (χ1) is 11.1. The van der Waals surface area contributed by atoms with E-state index in [0.29, 0.717) is 24.5 Å². The number of aromatic nitrogens is 1. The van der Waals surface area contributed by atoms with Crippen LogP contribution in [0.1, 0.15) is 12.8 Å². The van der Waals surface area contributed by atoms with Crippen molar-refractivity contribution in [1.29, 1.82) is 0 Å². The van der Waals surface area contributed by atoms with Gasteiger partial charge in [-0.3, -0.25) is 4.79 Å². The van der Waals surface area contributed by atoms with E-state index in [0.717, 1.165) is 18.6 Å². The molecule has 2 N–H and O–H groups in total. The summed E-state index contributed by atoms with van der Waals surface area (Å²) in [5.74, 6) is -1.17. The Balaban J connectivity index is 1.63. The van der Waals surface area contributed by atoms with Crippen molar-refractivity contribution in [1.82, 2.24) is 4.98 Å². The van der Waals surface area contributed by atoms with Crippen LogP contribution in [0.15, 0.2) is 36.5 Å².